The lowest BCUT2D eigenvalue weighted by atomic mass is 9.77. The lowest BCUT2D eigenvalue weighted by molar-refractivity contribution is -0.114. The monoisotopic (exact) mass is 416 g/mol. The van der Waals surface area contributed by atoms with E-state index in [1.807, 2.05) is 24.4 Å². The molecule has 2 N–H and O–H groups in total. The van der Waals surface area contributed by atoms with Crippen molar-refractivity contribution in [1.29, 1.82) is 0 Å². The molecular weight excluding hydrogens is 391 g/mol. The number of hydrogen-bond acceptors (Lipinski definition) is 3. The van der Waals surface area contributed by atoms with Crippen LogP contribution in [0.5, 0.6) is 0 Å². The van der Waals surface area contributed by atoms with Gasteiger partial charge >= 0.3 is 0 Å². The molecule has 1 fully saturated rings. The topological polar surface area (TPSA) is 70.7 Å². The van der Waals surface area contributed by atoms with Gasteiger partial charge in [-0.1, -0.05) is 0 Å². The fourth-order valence-corrected chi connectivity index (χ4v) is 4.89. The van der Waals surface area contributed by atoms with E-state index in [9.17, 15) is 9.18 Å². The van der Waals surface area contributed by atoms with Crippen molar-refractivity contribution in [3.63, 3.8) is 0 Å². The third-order valence-corrected chi connectivity index (χ3v) is 6.36. The number of anilines is 1. The second kappa shape index (κ2) is 8.10. The quantitative estimate of drug-likeness (QED) is 0.447. The Balaban J connectivity index is 1.27. The molecule has 1 aliphatic carbocycles. The van der Waals surface area contributed by atoms with Crippen LogP contribution in [0.3, 0.4) is 0 Å². The SMILES string of the molecule is CC(=O)Nc1ccc2nc(CC3CCC(c4ccnc5ccc(F)cc45)CC3)[nH]c2c1. The van der Waals surface area contributed by atoms with Crippen LogP contribution in [0.2, 0.25) is 0 Å². The van der Waals surface area contributed by atoms with Crippen LogP contribution in [0.15, 0.2) is 48.7 Å². The van der Waals surface area contributed by atoms with Gasteiger partial charge in [-0.3, -0.25) is 9.78 Å². The summed E-state index contributed by atoms with van der Waals surface area (Å²) in [6.45, 7) is 1.50. The summed E-state index contributed by atoms with van der Waals surface area (Å²) in [6, 6.07) is 12.7. The number of H-pyrrole nitrogens is 1. The molecule has 5 rings (SSSR count). The largest absolute Gasteiger partial charge is 0.342 e. The van der Waals surface area contributed by atoms with Crippen molar-refractivity contribution >= 4 is 33.5 Å². The van der Waals surface area contributed by atoms with Crippen molar-refractivity contribution in [3.8, 4) is 0 Å². The second-order valence-electron chi connectivity index (χ2n) is 8.58. The molecule has 0 radical (unpaired) electrons. The fourth-order valence-electron chi connectivity index (χ4n) is 4.89. The molecule has 2 aromatic heterocycles. The first-order chi connectivity index (χ1) is 15.0. The van der Waals surface area contributed by atoms with Crippen LogP contribution in [0.4, 0.5) is 10.1 Å². The van der Waals surface area contributed by atoms with Crippen molar-refractivity contribution < 1.29 is 9.18 Å². The van der Waals surface area contributed by atoms with Crippen LogP contribution >= 0.6 is 0 Å². The van der Waals surface area contributed by atoms with E-state index in [2.05, 4.69) is 21.4 Å². The fraction of sp³-hybridized carbons (Fsp3) is 0.320. The zero-order valence-corrected chi connectivity index (χ0v) is 17.5. The van der Waals surface area contributed by atoms with Crippen LogP contribution in [-0.4, -0.2) is 20.9 Å². The minimum Gasteiger partial charge on any atom is -0.342 e. The van der Waals surface area contributed by atoms with Gasteiger partial charge in [0.25, 0.3) is 0 Å². The normalized spacial score (nSPS) is 19.0. The lowest BCUT2D eigenvalue weighted by Crippen LogP contribution is -2.16. The number of hydrogen-bond donors (Lipinski definition) is 2. The van der Waals surface area contributed by atoms with E-state index in [0.717, 1.165) is 65.6 Å². The number of carbonyl (C=O) groups excluding carboxylic acids is 1. The summed E-state index contributed by atoms with van der Waals surface area (Å²) in [7, 11) is 0. The lowest BCUT2D eigenvalue weighted by Gasteiger charge is -2.29. The summed E-state index contributed by atoms with van der Waals surface area (Å²) in [5.74, 6) is 1.73. The average Bonchev–Trinajstić information content (AvgIpc) is 3.15. The van der Waals surface area contributed by atoms with Gasteiger partial charge in [-0.05, 0) is 85.5 Å². The predicted molar refractivity (Wildman–Crippen MR) is 121 cm³/mol. The number of imidazole rings is 1. The highest BCUT2D eigenvalue weighted by molar-refractivity contribution is 5.91. The summed E-state index contributed by atoms with van der Waals surface area (Å²) in [5.41, 5.74) is 4.72. The zero-order valence-electron chi connectivity index (χ0n) is 17.5. The van der Waals surface area contributed by atoms with Gasteiger partial charge < -0.3 is 10.3 Å². The van der Waals surface area contributed by atoms with Crippen LogP contribution < -0.4 is 5.32 Å². The van der Waals surface area contributed by atoms with Gasteiger partial charge in [0.1, 0.15) is 11.6 Å². The molecule has 0 unspecified atom stereocenters. The van der Waals surface area contributed by atoms with Gasteiger partial charge in [0, 0.05) is 30.6 Å². The number of fused-ring (bicyclic) bond motifs is 2. The van der Waals surface area contributed by atoms with Crippen molar-refractivity contribution in [2.45, 2.75) is 44.9 Å². The Bertz CT molecular complexity index is 1260. The molecule has 0 saturated heterocycles. The van der Waals surface area contributed by atoms with Gasteiger partial charge in [0.05, 0.1) is 16.6 Å². The molecule has 0 aliphatic heterocycles. The number of benzene rings is 2. The maximum absolute atomic E-state index is 13.8. The Morgan fingerprint density at radius 2 is 1.90 bits per heavy atom. The van der Waals surface area contributed by atoms with E-state index in [1.165, 1.54) is 18.6 Å². The molecule has 1 saturated carbocycles. The van der Waals surface area contributed by atoms with E-state index in [4.69, 9.17) is 4.98 Å². The smallest absolute Gasteiger partial charge is 0.221 e. The van der Waals surface area contributed by atoms with E-state index < -0.39 is 0 Å². The molecule has 0 atom stereocenters. The van der Waals surface area contributed by atoms with Crippen LogP contribution in [0.1, 0.15) is 49.9 Å². The molecule has 0 spiro atoms. The number of nitrogens with zero attached hydrogens (tertiary/aromatic N) is 2. The molecule has 5 nitrogen and oxygen atoms in total. The third kappa shape index (κ3) is 4.15. The van der Waals surface area contributed by atoms with E-state index in [-0.39, 0.29) is 11.7 Å². The van der Waals surface area contributed by atoms with Crippen molar-refractivity contribution in [2.24, 2.45) is 5.92 Å². The van der Waals surface area contributed by atoms with Crippen LogP contribution in [0.25, 0.3) is 21.9 Å². The molecular formula is C25H25FN4O. The van der Waals surface area contributed by atoms with Crippen LogP contribution in [0, 0.1) is 11.7 Å². The molecule has 31 heavy (non-hydrogen) atoms. The number of amides is 1. The number of carbonyl (C=O) groups is 1. The maximum Gasteiger partial charge on any atom is 0.221 e. The second-order valence-corrected chi connectivity index (χ2v) is 8.58. The Hall–Kier alpha value is -3.28. The molecule has 6 heteroatoms. The predicted octanol–water partition coefficient (Wildman–Crippen LogP) is 5.73. The third-order valence-electron chi connectivity index (χ3n) is 6.36. The first kappa shape index (κ1) is 19.7. The summed E-state index contributed by atoms with van der Waals surface area (Å²) >= 11 is 0. The average molecular weight is 417 g/mol. The molecule has 4 aromatic rings. The number of aromatic amines is 1. The molecule has 158 valence electrons. The number of aromatic nitrogens is 3. The minimum absolute atomic E-state index is 0.0828. The maximum atomic E-state index is 13.8. The molecule has 2 heterocycles. The molecule has 1 aliphatic rings. The number of halogens is 1. The highest BCUT2D eigenvalue weighted by atomic mass is 19.1. The van der Waals surface area contributed by atoms with Gasteiger partial charge in [0.2, 0.25) is 5.91 Å². The minimum atomic E-state index is -0.206. The molecule has 0 bridgehead atoms. The van der Waals surface area contributed by atoms with Crippen molar-refractivity contribution in [2.75, 3.05) is 5.32 Å². The van der Waals surface area contributed by atoms with Gasteiger partial charge in [0.15, 0.2) is 0 Å². The summed E-state index contributed by atoms with van der Waals surface area (Å²) in [6.07, 6.45) is 7.18. The molecule has 2 aromatic carbocycles. The number of rotatable bonds is 4. The van der Waals surface area contributed by atoms with E-state index in [0.29, 0.717) is 11.8 Å². The van der Waals surface area contributed by atoms with Gasteiger partial charge in [-0.25, -0.2) is 9.37 Å². The number of nitrogens with one attached hydrogen (secondary N) is 2. The highest BCUT2D eigenvalue weighted by Crippen LogP contribution is 2.39. The Morgan fingerprint density at radius 1 is 1.10 bits per heavy atom. The molecule has 1 amide bonds. The van der Waals surface area contributed by atoms with E-state index in [1.54, 1.807) is 12.1 Å². The van der Waals surface area contributed by atoms with Crippen molar-refractivity contribution in [1.82, 2.24) is 15.0 Å². The summed E-state index contributed by atoms with van der Waals surface area (Å²) < 4.78 is 13.8. The number of pyridine rings is 1. The first-order valence-corrected chi connectivity index (χ1v) is 10.9. The summed E-state index contributed by atoms with van der Waals surface area (Å²) in [5, 5.41) is 3.75. The van der Waals surface area contributed by atoms with Crippen molar-refractivity contribution in [3.05, 3.63) is 65.9 Å². The Kier molecular flexibility index (Phi) is 5.14. The highest BCUT2D eigenvalue weighted by Gasteiger charge is 2.25. The zero-order chi connectivity index (χ0) is 21.4. The Morgan fingerprint density at radius 3 is 2.71 bits per heavy atom. The standard InChI is InChI=1S/C25H25FN4O/c1-15(31)28-19-7-9-23-24(14-19)30-25(29-23)12-16-2-4-17(5-3-16)20-10-11-27-22-8-6-18(26)13-21(20)22/h6-11,13-14,16-17H,2-5,12H2,1H3,(H,28,31)(H,29,30). The Labute approximate surface area is 180 Å². The first-order valence-electron chi connectivity index (χ1n) is 10.9. The van der Waals surface area contributed by atoms with E-state index >= 15 is 0 Å². The van der Waals surface area contributed by atoms with Gasteiger partial charge in [-0.2, -0.15) is 0 Å². The van der Waals surface area contributed by atoms with Crippen LogP contribution in [-0.2, 0) is 11.2 Å². The van der Waals surface area contributed by atoms with Gasteiger partial charge in [-0.15, -0.1) is 0 Å². The summed E-state index contributed by atoms with van der Waals surface area (Å²) in [4.78, 5) is 23.8.